The van der Waals surface area contributed by atoms with E-state index in [0.717, 1.165) is 5.03 Å². The highest BCUT2D eigenvalue weighted by molar-refractivity contribution is 7.99. The van der Waals surface area contributed by atoms with Crippen LogP contribution in [0.3, 0.4) is 0 Å². The number of nitrogens with two attached hydrogens (primary N) is 1. The molecule has 0 aliphatic heterocycles. The molecule has 2 rings (SSSR count). The summed E-state index contributed by atoms with van der Waals surface area (Å²) in [5.74, 6) is 0.837. The summed E-state index contributed by atoms with van der Waals surface area (Å²) in [5.41, 5.74) is 5.62. The van der Waals surface area contributed by atoms with Crippen molar-refractivity contribution in [2.24, 2.45) is 0 Å². The van der Waals surface area contributed by atoms with Crippen molar-refractivity contribution in [3.8, 4) is 5.88 Å². The molecule has 5 heteroatoms. The lowest BCUT2D eigenvalue weighted by Gasteiger charge is -2.20. The Kier molecular flexibility index (Phi) is 3.88. The van der Waals surface area contributed by atoms with Crippen molar-refractivity contribution in [3.05, 3.63) is 6.07 Å². The van der Waals surface area contributed by atoms with Crippen LogP contribution < -0.4 is 10.5 Å². The molecule has 0 unspecified atom stereocenters. The zero-order valence-electron chi connectivity index (χ0n) is 9.48. The molecule has 0 spiro atoms. The Morgan fingerprint density at radius 2 is 2.06 bits per heavy atom. The largest absolute Gasteiger partial charge is 0.481 e. The lowest BCUT2D eigenvalue weighted by molar-refractivity contribution is 0.396. The molecule has 16 heavy (non-hydrogen) atoms. The summed E-state index contributed by atoms with van der Waals surface area (Å²) < 4.78 is 5.08. The number of rotatable bonds is 3. The van der Waals surface area contributed by atoms with Gasteiger partial charge in [-0.25, -0.2) is 4.98 Å². The summed E-state index contributed by atoms with van der Waals surface area (Å²) in [6.07, 6.45) is 6.57. The van der Waals surface area contributed by atoms with Gasteiger partial charge in [0.1, 0.15) is 5.03 Å². The predicted molar refractivity (Wildman–Crippen MR) is 65.7 cm³/mol. The lowest BCUT2D eigenvalue weighted by atomic mass is 10.0. The maximum Gasteiger partial charge on any atom is 0.224 e. The van der Waals surface area contributed by atoms with Gasteiger partial charge < -0.3 is 10.5 Å². The highest BCUT2D eigenvalue weighted by Gasteiger charge is 2.16. The highest BCUT2D eigenvalue weighted by Crippen LogP contribution is 2.33. The smallest absolute Gasteiger partial charge is 0.224 e. The second-order valence-electron chi connectivity index (χ2n) is 3.98. The maximum atomic E-state index is 5.62. The molecule has 0 amide bonds. The molecule has 0 aromatic carbocycles. The van der Waals surface area contributed by atoms with Crippen LogP contribution in [0.4, 0.5) is 5.95 Å². The molecule has 2 N–H and O–H groups in total. The van der Waals surface area contributed by atoms with Crippen LogP contribution in [0.15, 0.2) is 11.1 Å². The quantitative estimate of drug-likeness (QED) is 0.821. The van der Waals surface area contributed by atoms with E-state index in [9.17, 15) is 0 Å². The summed E-state index contributed by atoms with van der Waals surface area (Å²) in [6, 6.07) is 1.86. The summed E-state index contributed by atoms with van der Waals surface area (Å²) in [4.78, 5) is 8.20. The molecule has 1 saturated carbocycles. The number of ether oxygens (including phenoxy) is 1. The minimum Gasteiger partial charge on any atom is -0.481 e. The molecule has 1 aliphatic carbocycles. The van der Waals surface area contributed by atoms with Gasteiger partial charge in [0.2, 0.25) is 11.8 Å². The summed E-state index contributed by atoms with van der Waals surface area (Å²) in [5, 5.41) is 1.60. The number of nitrogens with zero attached hydrogens (tertiary/aromatic N) is 2. The van der Waals surface area contributed by atoms with E-state index in [1.165, 1.54) is 32.1 Å². The summed E-state index contributed by atoms with van der Waals surface area (Å²) in [7, 11) is 1.59. The number of thioether (sulfide) groups is 1. The van der Waals surface area contributed by atoms with Crippen LogP contribution in [0.5, 0.6) is 5.88 Å². The fourth-order valence-corrected chi connectivity index (χ4v) is 3.17. The molecule has 4 nitrogen and oxygen atoms in total. The topological polar surface area (TPSA) is 61.0 Å². The SMILES string of the molecule is COc1cc(SC2CCCCC2)nc(N)n1. The zero-order valence-corrected chi connectivity index (χ0v) is 10.3. The minimum absolute atomic E-state index is 0.289. The van der Waals surface area contributed by atoms with Crippen molar-refractivity contribution >= 4 is 17.7 Å². The first-order valence-corrected chi connectivity index (χ1v) is 6.51. The molecule has 1 fully saturated rings. The molecular formula is C11H17N3OS. The van der Waals surface area contributed by atoms with Crippen molar-refractivity contribution in [1.29, 1.82) is 0 Å². The van der Waals surface area contributed by atoms with Crippen molar-refractivity contribution in [2.45, 2.75) is 42.4 Å². The Balaban J connectivity index is 2.04. The molecule has 1 aromatic rings. The van der Waals surface area contributed by atoms with Crippen LogP contribution in [0, 0.1) is 0 Å². The fraction of sp³-hybridized carbons (Fsp3) is 0.636. The van der Waals surface area contributed by atoms with Crippen LogP contribution in [0.25, 0.3) is 0 Å². The van der Waals surface area contributed by atoms with Gasteiger partial charge in [0, 0.05) is 11.3 Å². The van der Waals surface area contributed by atoms with E-state index in [-0.39, 0.29) is 5.95 Å². The molecular weight excluding hydrogens is 222 g/mol. The first kappa shape index (κ1) is 11.5. The van der Waals surface area contributed by atoms with E-state index in [1.54, 1.807) is 18.9 Å². The minimum atomic E-state index is 0.289. The summed E-state index contributed by atoms with van der Waals surface area (Å²) >= 11 is 1.80. The van der Waals surface area contributed by atoms with Gasteiger partial charge in [-0.2, -0.15) is 4.98 Å². The average molecular weight is 239 g/mol. The average Bonchev–Trinajstić information content (AvgIpc) is 2.29. The second kappa shape index (κ2) is 5.39. The van der Waals surface area contributed by atoms with Gasteiger partial charge in [0.15, 0.2) is 0 Å². The van der Waals surface area contributed by atoms with Gasteiger partial charge in [0.25, 0.3) is 0 Å². The van der Waals surface area contributed by atoms with Gasteiger partial charge >= 0.3 is 0 Å². The van der Waals surface area contributed by atoms with Crippen molar-refractivity contribution < 1.29 is 4.74 Å². The van der Waals surface area contributed by atoms with E-state index < -0.39 is 0 Å². The monoisotopic (exact) mass is 239 g/mol. The Morgan fingerprint density at radius 1 is 1.31 bits per heavy atom. The van der Waals surface area contributed by atoms with Crippen LogP contribution >= 0.6 is 11.8 Å². The van der Waals surface area contributed by atoms with Crippen LogP contribution in [0.2, 0.25) is 0 Å². The standard InChI is InChI=1S/C11H17N3OS/c1-15-9-7-10(14-11(12)13-9)16-8-5-3-2-4-6-8/h7-8H,2-6H2,1H3,(H2,12,13,14). The van der Waals surface area contributed by atoms with Gasteiger partial charge in [-0.05, 0) is 12.8 Å². The molecule has 1 aromatic heterocycles. The number of hydrogen-bond acceptors (Lipinski definition) is 5. The molecule has 0 atom stereocenters. The Morgan fingerprint density at radius 3 is 2.75 bits per heavy atom. The Bertz CT molecular complexity index is 353. The van der Waals surface area contributed by atoms with E-state index in [0.29, 0.717) is 11.1 Å². The summed E-state index contributed by atoms with van der Waals surface area (Å²) in [6.45, 7) is 0. The van der Waals surface area contributed by atoms with Gasteiger partial charge in [-0.1, -0.05) is 19.3 Å². The fourth-order valence-electron chi connectivity index (χ4n) is 1.94. The highest BCUT2D eigenvalue weighted by atomic mass is 32.2. The van der Waals surface area contributed by atoms with E-state index >= 15 is 0 Å². The van der Waals surface area contributed by atoms with Crippen molar-refractivity contribution in [2.75, 3.05) is 12.8 Å². The normalized spacial score (nSPS) is 17.3. The molecule has 0 radical (unpaired) electrons. The van der Waals surface area contributed by atoms with Crippen molar-refractivity contribution in [1.82, 2.24) is 9.97 Å². The van der Waals surface area contributed by atoms with Gasteiger partial charge in [0.05, 0.1) is 7.11 Å². The predicted octanol–water partition coefficient (Wildman–Crippen LogP) is 2.49. The Labute approximate surface area is 100.0 Å². The van der Waals surface area contributed by atoms with E-state index in [2.05, 4.69) is 9.97 Å². The molecule has 0 bridgehead atoms. The third-order valence-electron chi connectivity index (χ3n) is 2.75. The first-order chi connectivity index (χ1) is 7.78. The Hall–Kier alpha value is -0.970. The number of hydrogen-bond donors (Lipinski definition) is 1. The molecule has 0 saturated heterocycles. The van der Waals surface area contributed by atoms with E-state index in [1.807, 2.05) is 6.07 Å². The van der Waals surface area contributed by atoms with Gasteiger partial charge in [-0.15, -0.1) is 11.8 Å². The number of aromatic nitrogens is 2. The number of anilines is 1. The molecule has 88 valence electrons. The second-order valence-corrected chi connectivity index (χ2v) is 5.31. The first-order valence-electron chi connectivity index (χ1n) is 5.63. The molecule has 1 heterocycles. The number of nitrogen functional groups attached to an aromatic ring is 1. The molecule has 1 aliphatic rings. The number of methoxy groups -OCH3 is 1. The zero-order chi connectivity index (χ0) is 11.4. The van der Waals surface area contributed by atoms with Crippen molar-refractivity contribution in [3.63, 3.8) is 0 Å². The lowest BCUT2D eigenvalue weighted by Crippen LogP contribution is -2.08. The third-order valence-corrected chi connectivity index (χ3v) is 4.00. The van der Waals surface area contributed by atoms with Gasteiger partial charge in [-0.3, -0.25) is 0 Å². The maximum absolute atomic E-state index is 5.62. The van der Waals surface area contributed by atoms with Crippen LogP contribution in [-0.4, -0.2) is 22.3 Å². The van der Waals surface area contributed by atoms with Crippen LogP contribution in [-0.2, 0) is 0 Å². The van der Waals surface area contributed by atoms with E-state index in [4.69, 9.17) is 10.5 Å². The third kappa shape index (κ3) is 3.01. The van der Waals surface area contributed by atoms with Crippen LogP contribution in [0.1, 0.15) is 32.1 Å².